The summed E-state index contributed by atoms with van der Waals surface area (Å²) in [6, 6.07) is 22.7. The lowest BCUT2D eigenvalue weighted by Crippen LogP contribution is -2.30. The summed E-state index contributed by atoms with van der Waals surface area (Å²) < 4.78 is 73.9. The number of nitrogens with one attached hydrogen (secondary N) is 1. The van der Waals surface area contributed by atoms with Gasteiger partial charge in [0.25, 0.3) is 0 Å². The van der Waals surface area contributed by atoms with E-state index in [1.807, 2.05) is 37.3 Å². The second kappa shape index (κ2) is 15.2. The Morgan fingerprint density at radius 3 is 2.19 bits per heavy atom. The molecule has 0 fully saturated rings. The zero-order chi connectivity index (χ0) is 34.2. The lowest BCUT2D eigenvalue weighted by Gasteiger charge is -2.24. The van der Waals surface area contributed by atoms with E-state index < -0.39 is 41.3 Å². The van der Waals surface area contributed by atoms with E-state index in [0.717, 1.165) is 11.6 Å². The average molecular weight is 652 g/mol. The molecule has 10 heteroatoms. The van der Waals surface area contributed by atoms with Gasteiger partial charge in [-0.15, -0.1) is 0 Å². The summed E-state index contributed by atoms with van der Waals surface area (Å²) in [6.07, 6.45) is -5.37. The third kappa shape index (κ3) is 9.34. The number of halogens is 4. The number of esters is 1. The van der Waals surface area contributed by atoms with Crippen LogP contribution in [0.15, 0.2) is 84.9 Å². The molecule has 0 spiro atoms. The molecule has 4 rings (SSSR count). The van der Waals surface area contributed by atoms with Crippen LogP contribution in [-0.2, 0) is 40.0 Å². The van der Waals surface area contributed by atoms with Crippen molar-refractivity contribution >= 4 is 17.6 Å². The van der Waals surface area contributed by atoms with E-state index in [4.69, 9.17) is 14.2 Å². The minimum Gasteiger partial charge on any atom is -0.493 e. The van der Waals surface area contributed by atoms with Crippen LogP contribution in [0.3, 0.4) is 0 Å². The van der Waals surface area contributed by atoms with Gasteiger partial charge in [-0.2, -0.15) is 13.2 Å². The largest absolute Gasteiger partial charge is 0.493 e. The molecule has 248 valence electrons. The number of ether oxygens (including phenoxy) is 3. The smallest absolute Gasteiger partial charge is 0.416 e. The number of alkyl halides is 3. The summed E-state index contributed by atoms with van der Waals surface area (Å²) in [5.41, 5.74) is -0.192. The second-order valence-corrected chi connectivity index (χ2v) is 11.5. The topological polar surface area (TPSA) is 73.9 Å². The molecule has 0 bridgehead atoms. The maximum absolute atomic E-state index is 15.3. The quantitative estimate of drug-likeness (QED) is 0.116. The molecule has 47 heavy (non-hydrogen) atoms. The average Bonchev–Trinajstić information content (AvgIpc) is 3.02. The molecule has 4 aromatic rings. The van der Waals surface area contributed by atoms with Gasteiger partial charge in [0.1, 0.15) is 23.9 Å². The van der Waals surface area contributed by atoms with Gasteiger partial charge < -0.3 is 19.5 Å². The van der Waals surface area contributed by atoms with Crippen LogP contribution in [0.25, 0.3) is 11.1 Å². The Bertz CT molecular complexity index is 1700. The van der Waals surface area contributed by atoms with Crippen molar-refractivity contribution in [1.29, 1.82) is 0 Å². The van der Waals surface area contributed by atoms with Crippen LogP contribution in [0.2, 0.25) is 0 Å². The van der Waals surface area contributed by atoms with Gasteiger partial charge in [-0.25, -0.2) is 4.39 Å². The van der Waals surface area contributed by atoms with E-state index in [2.05, 4.69) is 5.32 Å². The molecular formula is C37H37F4NO5. The standard InChI is InChI=1S/C37H37F4NO5/c1-5-45-33-21-29(47-23-24-10-8-7-9-11-24)16-17-30(33)25-12-13-26(32(38)18-25)19-34(43)42-28-15-14-27(31(20-28)37(39,40)41)22-36(3,4)35(44)46-6-2/h7-18,20-21H,5-6,19,22-23H2,1-4H3,(H,42,43). The summed E-state index contributed by atoms with van der Waals surface area (Å²) in [4.78, 5) is 25.1. The highest BCUT2D eigenvalue weighted by atomic mass is 19.4. The van der Waals surface area contributed by atoms with Crippen molar-refractivity contribution in [2.45, 2.75) is 53.3 Å². The van der Waals surface area contributed by atoms with E-state index in [-0.39, 0.29) is 29.8 Å². The zero-order valence-corrected chi connectivity index (χ0v) is 26.7. The van der Waals surface area contributed by atoms with E-state index in [1.54, 1.807) is 31.2 Å². The normalized spacial score (nSPS) is 11.6. The summed E-state index contributed by atoms with van der Waals surface area (Å²) in [6.45, 7) is 7.31. The Hall–Kier alpha value is -4.86. The molecule has 0 atom stereocenters. The molecule has 0 aliphatic heterocycles. The first-order valence-electron chi connectivity index (χ1n) is 15.2. The van der Waals surface area contributed by atoms with Gasteiger partial charge >= 0.3 is 12.1 Å². The lowest BCUT2D eigenvalue weighted by molar-refractivity contribution is -0.154. The van der Waals surface area contributed by atoms with Crippen molar-refractivity contribution in [3.8, 4) is 22.6 Å². The molecule has 0 radical (unpaired) electrons. The van der Waals surface area contributed by atoms with Gasteiger partial charge in [-0.05, 0) is 86.7 Å². The molecule has 0 aliphatic rings. The molecule has 1 amide bonds. The fourth-order valence-electron chi connectivity index (χ4n) is 5.03. The van der Waals surface area contributed by atoms with Crippen LogP contribution in [0.1, 0.15) is 49.9 Å². The van der Waals surface area contributed by atoms with E-state index >= 15 is 4.39 Å². The molecule has 0 heterocycles. The van der Waals surface area contributed by atoms with Gasteiger partial charge in [0, 0.05) is 17.3 Å². The number of anilines is 1. The lowest BCUT2D eigenvalue weighted by atomic mass is 9.84. The molecule has 0 aliphatic carbocycles. The maximum Gasteiger partial charge on any atom is 0.416 e. The van der Waals surface area contributed by atoms with E-state index in [9.17, 15) is 22.8 Å². The number of carbonyl (C=O) groups is 2. The number of benzene rings is 4. The molecule has 6 nitrogen and oxygen atoms in total. The number of hydrogen-bond donors (Lipinski definition) is 1. The van der Waals surface area contributed by atoms with Crippen LogP contribution in [0.5, 0.6) is 11.5 Å². The van der Waals surface area contributed by atoms with Crippen LogP contribution >= 0.6 is 0 Å². The predicted molar refractivity (Wildman–Crippen MR) is 172 cm³/mol. The summed E-state index contributed by atoms with van der Waals surface area (Å²) in [5.74, 6) is -0.884. The van der Waals surface area contributed by atoms with Gasteiger partial charge in [0.05, 0.1) is 30.6 Å². The highest BCUT2D eigenvalue weighted by molar-refractivity contribution is 5.92. The fourth-order valence-corrected chi connectivity index (χ4v) is 5.03. The molecule has 0 saturated heterocycles. The number of carbonyl (C=O) groups excluding carboxylic acids is 2. The Morgan fingerprint density at radius 1 is 0.809 bits per heavy atom. The number of amides is 1. The van der Waals surface area contributed by atoms with Gasteiger partial charge in [-0.3, -0.25) is 9.59 Å². The minimum atomic E-state index is -4.74. The first-order chi connectivity index (χ1) is 22.3. The molecular weight excluding hydrogens is 614 g/mol. The van der Waals surface area contributed by atoms with Crippen molar-refractivity contribution < 1.29 is 41.4 Å². The Kier molecular flexibility index (Phi) is 11.3. The van der Waals surface area contributed by atoms with Crippen molar-refractivity contribution in [2.75, 3.05) is 18.5 Å². The van der Waals surface area contributed by atoms with Crippen LogP contribution in [-0.4, -0.2) is 25.1 Å². The molecule has 1 N–H and O–H groups in total. The highest BCUT2D eigenvalue weighted by Crippen LogP contribution is 2.38. The van der Waals surface area contributed by atoms with Crippen LogP contribution < -0.4 is 14.8 Å². The van der Waals surface area contributed by atoms with Crippen molar-refractivity contribution in [3.05, 3.63) is 113 Å². The molecule has 0 unspecified atom stereocenters. The summed E-state index contributed by atoms with van der Waals surface area (Å²) in [7, 11) is 0. The maximum atomic E-state index is 15.3. The van der Waals surface area contributed by atoms with E-state index in [1.165, 1.54) is 38.1 Å². The minimum absolute atomic E-state index is 0.0656. The van der Waals surface area contributed by atoms with Crippen molar-refractivity contribution in [3.63, 3.8) is 0 Å². The van der Waals surface area contributed by atoms with Crippen LogP contribution in [0.4, 0.5) is 23.2 Å². The SMILES string of the molecule is CCOC(=O)C(C)(C)Cc1ccc(NC(=O)Cc2ccc(-c3ccc(OCc4ccccc4)cc3OCC)cc2F)cc1C(F)(F)F. The third-order valence-electron chi connectivity index (χ3n) is 7.38. The predicted octanol–water partition coefficient (Wildman–Crippen LogP) is 8.80. The van der Waals surface area contributed by atoms with Crippen LogP contribution in [0, 0.1) is 11.2 Å². The zero-order valence-electron chi connectivity index (χ0n) is 26.7. The number of hydrogen-bond acceptors (Lipinski definition) is 5. The monoisotopic (exact) mass is 651 g/mol. The summed E-state index contributed by atoms with van der Waals surface area (Å²) >= 11 is 0. The molecule has 0 saturated carbocycles. The van der Waals surface area contributed by atoms with Gasteiger partial charge in [-0.1, -0.05) is 48.5 Å². The Balaban J connectivity index is 1.47. The second-order valence-electron chi connectivity index (χ2n) is 11.5. The highest BCUT2D eigenvalue weighted by Gasteiger charge is 2.37. The first kappa shape index (κ1) is 35.0. The van der Waals surface area contributed by atoms with Crippen molar-refractivity contribution in [2.24, 2.45) is 5.41 Å². The Labute approximate surface area is 271 Å². The molecule has 0 aromatic heterocycles. The fraction of sp³-hybridized carbons (Fsp3) is 0.297. The number of rotatable bonds is 13. The first-order valence-corrected chi connectivity index (χ1v) is 15.2. The Morgan fingerprint density at radius 2 is 1.53 bits per heavy atom. The molecule has 4 aromatic carbocycles. The van der Waals surface area contributed by atoms with Crippen molar-refractivity contribution in [1.82, 2.24) is 0 Å². The summed E-state index contributed by atoms with van der Waals surface area (Å²) in [5, 5.41) is 2.43. The van der Waals surface area contributed by atoms with Gasteiger partial charge in [0.2, 0.25) is 5.91 Å². The van der Waals surface area contributed by atoms with E-state index in [0.29, 0.717) is 35.8 Å². The van der Waals surface area contributed by atoms with Gasteiger partial charge in [0.15, 0.2) is 0 Å². The third-order valence-corrected chi connectivity index (χ3v) is 7.38.